The molecule has 1 aliphatic heterocycles. The zero-order valence-electron chi connectivity index (χ0n) is 21.1. The number of alkyl halides is 3. The number of ether oxygens (including phenoxy) is 2. The van der Waals surface area contributed by atoms with E-state index in [0.29, 0.717) is 50.6 Å². The highest BCUT2D eigenvalue weighted by atomic mass is 19.4. The van der Waals surface area contributed by atoms with Crippen molar-refractivity contribution in [2.24, 2.45) is 0 Å². The standard InChI is InChI=1S/C22H32N6O3.C2HF3O2/c1-2-31-19-9-4-3-6-16(19)15-23-20-25-21(24-17-7-5-8-18(29)14-17)27-22(26-20)28-10-12-30-13-11-28;3-2(4,5)1(6)7/h3-4,6,9,17-18,29H,2,5,7-8,10-15H2,1H3,(H2,23,24,25,26,27);(H,6,7)/t17-,18+;/m1./s1. The molecule has 38 heavy (non-hydrogen) atoms. The molecule has 1 aromatic carbocycles. The van der Waals surface area contributed by atoms with Crippen LogP contribution in [-0.2, 0) is 16.1 Å². The lowest BCUT2D eigenvalue weighted by atomic mass is 9.93. The van der Waals surface area contributed by atoms with Gasteiger partial charge in [0.25, 0.3) is 0 Å². The molecule has 11 nitrogen and oxygen atoms in total. The summed E-state index contributed by atoms with van der Waals surface area (Å²) < 4.78 is 42.9. The molecule has 4 rings (SSSR count). The molecule has 0 amide bonds. The molecule has 2 aliphatic rings. The number of carboxylic acid groups (broad SMARTS) is 1. The van der Waals surface area contributed by atoms with Gasteiger partial charge in [0.15, 0.2) is 0 Å². The molecule has 1 saturated heterocycles. The summed E-state index contributed by atoms with van der Waals surface area (Å²) in [7, 11) is 0. The van der Waals surface area contributed by atoms with Crippen LogP contribution in [0.1, 0.15) is 38.2 Å². The Morgan fingerprint density at radius 2 is 1.84 bits per heavy atom. The number of nitrogens with zero attached hydrogens (tertiary/aromatic N) is 4. The fourth-order valence-corrected chi connectivity index (χ4v) is 4.01. The second-order valence-electron chi connectivity index (χ2n) is 8.74. The molecule has 2 aromatic rings. The first-order chi connectivity index (χ1) is 18.2. The number of hydrogen-bond acceptors (Lipinski definition) is 10. The second kappa shape index (κ2) is 14.0. The minimum absolute atomic E-state index is 0.162. The molecule has 0 spiro atoms. The van der Waals surface area contributed by atoms with Crippen LogP contribution in [0.5, 0.6) is 5.75 Å². The normalized spacial score (nSPS) is 19.7. The van der Waals surface area contributed by atoms with Crippen LogP contribution in [0.25, 0.3) is 0 Å². The minimum Gasteiger partial charge on any atom is -0.494 e. The van der Waals surface area contributed by atoms with Crippen LogP contribution in [-0.4, -0.2) is 82.4 Å². The Bertz CT molecular complexity index is 1040. The summed E-state index contributed by atoms with van der Waals surface area (Å²) in [5.41, 5.74) is 1.04. The summed E-state index contributed by atoms with van der Waals surface area (Å²) in [6.45, 7) is 5.96. The molecule has 1 saturated carbocycles. The number of aliphatic carboxylic acids is 1. The van der Waals surface area contributed by atoms with Crippen molar-refractivity contribution < 1.29 is 37.7 Å². The Hall–Kier alpha value is -3.39. The predicted molar refractivity (Wildman–Crippen MR) is 133 cm³/mol. The summed E-state index contributed by atoms with van der Waals surface area (Å²) in [5, 5.41) is 23.9. The van der Waals surface area contributed by atoms with Gasteiger partial charge in [0.2, 0.25) is 17.8 Å². The highest BCUT2D eigenvalue weighted by Crippen LogP contribution is 2.24. The van der Waals surface area contributed by atoms with Crippen LogP contribution < -0.4 is 20.3 Å². The third kappa shape index (κ3) is 9.17. The summed E-state index contributed by atoms with van der Waals surface area (Å²) >= 11 is 0. The summed E-state index contributed by atoms with van der Waals surface area (Å²) in [4.78, 5) is 25.0. The van der Waals surface area contributed by atoms with Gasteiger partial charge in [-0.25, -0.2) is 4.79 Å². The number of aliphatic hydroxyl groups excluding tert-OH is 1. The van der Waals surface area contributed by atoms with E-state index in [1.807, 2.05) is 31.2 Å². The third-order valence-electron chi connectivity index (χ3n) is 5.85. The van der Waals surface area contributed by atoms with Gasteiger partial charge in [0, 0.05) is 31.2 Å². The zero-order valence-corrected chi connectivity index (χ0v) is 21.1. The van der Waals surface area contributed by atoms with Crippen LogP contribution in [0.4, 0.5) is 31.0 Å². The molecule has 1 aliphatic carbocycles. The topological polar surface area (TPSA) is 142 Å². The summed E-state index contributed by atoms with van der Waals surface area (Å²) in [6.07, 6.45) is -1.78. The van der Waals surface area contributed by atoms with Gasteiger partial charge < -0.3 is 35.2 Å². The van der Waals surface area contributed by atoms with Crippen molar-refractivity contribution in [3.8, 4) is 5.75 Å². The predicted octanol–water partition coefficient (Wildman–Crippen LogP) is 3.07. The van der Waals surface area contributed by atoms with Crippen LogP contribution in [0, 0.1) is 0 Å². The van der Waals surface area contributed by atoms with Crippen molar-refractivity contribution in [3.63, 3.8) is 0 Å². The van der Waals surface area contributed by atoms with E-state index in [4.69, 9.17) is 19.4 Å². The number of morpholine rings is 1. The Balaban J connectivity index is 0.000000505. The second-order valence-corrected chi connectivity index (χ2v) is 8.74. The summed E-state index contributed by atoms with van der Waals surface area (Å²) in [5.74, 6) is -0.211. The fourth-order valence-electron chi connectivity index (χ4n) is 4.01. The highest BCUT2D eigenvalue weighted by molar-refractivity contribution is 5.73. The number of aliphatic hydroxyl groups is 1. The maximum atomic E-state index is 10.6. The van der Waals surface area contributed by atoms with Gasteiger partial charge in [0.1, 0.15) is 5.75 Å². The molecular weight excluding hydrogens is 509 g/mol. The molecule has 0 unspecified atom stereocenters. The monoisotopic (exact) mass is 542 g/mol. The lowest BCUT2D eigenvalue weighted by molar-refractivity contribution is -0.192. The van der Waals surface area contributed by atoms with Crippen LogP contribution >= 0.6 is 0 Å². The molecule has 2 atom stereocenters. The van der Waals surface area contributed by atoms with Crippen LogP contribution in [0.3, 0.4) is 0 Å². The SMILES string of the molecule is CCOc1ccccc1CNc1nc(N[C@@H]2CCC[C@H](O)C2)nc(N2CCOCC2)n1.O=C(O)C(F)(F)F. The van der Waals surface area contributed by atoms with Crippen molar-refractivity contribution in [3.05, 3.63) is 29.8 Å². The first kappa shape index (κ1) is 29.2. The van der Waals surface area contributed by atoms with Gasteiger partial charge in [0.05, 0.1) is 25.9 Å². The van der Waals surface area contributed by atoms with E-state index < -0.39 is 12.1 Å². The molecule has 210 valence electrons. The number of rotatable bonds is 8. The van der Waals surface area contributed by atoms with Gasteiger partial charge in [-0.2, -0.15) is 28.1 Å². The maximum absolute atomic E-state index is 10.6. The number of nitrogens with one attached hydrogen (secondary N) is 2. The summed E-state index contributed by atoms with van der Waals surface area (Å²) in [6, 6.07) is 8.12. The average molecular weight is 543 g/mol. The Morgan fingerprint density at radius 3 is 2.50 bits per heavy atom. The van der Waals surface area contributed by atoms with Crippen molar-refractivity contribution in [2.75, 3.05) is 48.4 Å². The number of para-hydroxylation sites is 1. The number of carboxylic acids is 1. The molecule has 14 heteroatoms. The number of hydrogen-bond donors (Lipinski definition) is 4. The number of aromatic nitrogens is 3. The highest BCUT2D eigenvalue weighted by Gasteiger charge is 2.38. The number of carbonyl (C=O) groups is 1. The van der Waals surface area contributed by atoms with Crippen molar-refractivity contribution in [2.45, 2.75) is 57.5 Å². The van der Waals surface area contributed by atoms with Gasteiger partial charge in [-0.1, -0.05) is 18.2 Å². The maximum Gasteiger partial charge on any atom is 0.490 e. The molecule has 4 N–H and O–H groups in total. The van der Waals surface area contributed by atoms with E-state index in [0.717, 1.165) is 43.7 Å². The lowest BCUT2D eigenvalue weighted by Crippen LogP contribution is -2.38. The van der Waals surface area contributed by atoms with E-state index in [9.17, 15) is 18.3 Å². The van der Waals surface area contributed by atoms with E-state index >= 15 is 0 Å². The Labute approximate surface area is 218 Å². The largest absolute Gasteiger partial charge is 0.494 e. The smallest absolute Gasteiger partial charge is 0.490 e. The van der Waals surface area contributed by atoms with Crippen molar-refractivity contribution in [1.82, 2.24) is 15.0 Å². The molecular formula is C24H33F3N6O5. The minimum atomic E-state index is -5.08. The van der Waals surface area contributed by atoms with E-state index in [-0.39, 0.29) is 12.1 Å². The van der Waals surface area contributed by atoms with E-state index in [2.05, 4.69) is 30.5 Å². The van der Waals surface area contributed by atoms with Crippen molar-refractivity contribution in [1.29, 1.82) is 0 Å². The van der Waals surface area contributed by atoms with E-state index in [1.165, 1.54) is 0 Å². The molecule has 1 aromatic heterocycles. The first-order valence-corrected chi connectivity index (χ1v) is 12.4. The number of halogens is 3. The lowest BCUT2D eigenvalue weighted by Gasteiger charge is -2.29. The molecule has 0 bridgehead atoms. The average Bonchev–Trinajstić information content (AvgIpc) is 2.89. The van der Waals surface area contributed by atoms with Gasteiger partial charge >= 0.3 is 12.1 Å². The quantitative estimate of drug-likeness (QED) is 0.391. The Morgan fingerprint density at radius 1 is 1.16 bits per heavy atom. The van der Waals surface area contributed by atoms with Gasteiger partial charge in [-0.15, -0.1) is 0 Å². The van der Waals surface area contributed by atoms with Gasteiger partial charge in [-0.3, -0.25) is 0 Å². The number of anilines is 3. The zero-order chi connectivity index (χ0) is 27.5. The molecule has 2 fully saturated rings. The van der Waals surface area contributed by atoms with Crippen LogP contribution in [0.2, 0.25) is 0 Å². The molecule has 2 heterocycles. The van der Waals surface area contributed by atoms with Crippen LogP contribution in [0.15, 0.2) is 24.3 Å². The first-order valence-electron chi connectivity index (χ1n) is 12.4. The third-order valence-corrected chi connectivity index (χ3v) is 5.85. The van der Waals surface area contributed by atoms with E-state index in [1.54, 1.807) is 0 Å². The molecule has 0 radical (unpaired) electrons. The fraction of sp³-hybridized carbons (Fsp3) is 0.583. The number of benzene rings is 1. The van der Waals surface area contributed by atoms with Gasteiger partial charge in [-0.05, 0) is 38.7 Å². The Kier molecular flexibility index (Phi) is 10.7. The van der Waals surface area contributed by atoms with Crippen molar-refractivity contribution >= 4 is 23.8 Å².